The molecule has 0 aromatic heterocycles. The Bertz CT molecular complexity index is 101. The first-order chi connectivity index (χ1) is 4.02. The molecule has 0 N–H and O–H groups in total. The summed E-state index contributed by atoms with van der Waals surface area (Å²) in [5.74, 6) is 0.889. The minimum Gasteiger partial charge on any atom is -0.0834 e. The van der Waals surface area contributed by atoms with Crippen LogP contribution in [0, 0.1) is 11.8 Å². The molecule has 1 aliphatic rings. The summed E-state index contributed by atoms with van der Waals surface area (Å²) in [7, 11) is 0. The molecule has 1 fully saturated rings. The second kappa shape index (κ2) is 2.48. The molecule has 0 aliphatic heterocycles. The summed E-state index contributed by atoms with van der Waals surface area (Å²) in [5, 5.41) is 0. The third-order valence-electron chi connectivity index (χ3n) is 1.85. The van der Waals surface area contributed by atoms with Gasteiger partial charge in [-0.05, 0) is 18.8 Å². The molecule has 0 amide bonds. The number of halogens is 3. The van der Waals surface area contributed by atoms with Gasteiger partial charge in [-0.3, -0.25) is 0 Å². The number of rotatable bonds is 1. The first-order valence-corrected chi connectivity index (χ1v) is 4.22. The Kier molecular flexibility index (Phi) is 2.20. The predicted molar refractivity (Wildman–Crippen MR) is 42.2 cm³/mol. The molecule has 0 aromatic carbocycles. The first kappa shape index (κ1) is 7.97. The summed E-state index contributed by atoms with van der Waals surface area (Å²) in [6.45, 7) is 1.99. The van der Waals surface area contributed by atoms with Crippen LogP contribution in [0.1, 0.15) is 19.8 Å². The summed E-state index contributed by atoms with van der Waals surface area (Å²) in [5.41, 5.74) is 0. The van der Waals surface area contributed by atoms with Crippen LogP contribution in [0.5, 0.6) is 0 Å². The van der Waals surface area contributed by atoms with E-state index in [1.807, 2.05) is 6.92 Å². The Morgan fingerprint density at radius 1 is 1.33 bits per heavy atom. The van der Waals surface area contributed by atoms with Gasteiger partial charge in [-0.25, -0.2) is 0 Å². The van der Waals surface area contributed by atoms with Crippen LogP contribution in [0.15, 0.2) is 0 Å². The molecular formula is C6H9Cl3. The average molecular weight is 187 g/mol. The molecule has 0 bridgehead atoms. The van der Waals surface area contributed by atoms with Crippen LogP contribution in [-0.2, 0) is 0 Å². The van der Waals surface area contributed by atoms with Crippen molar-refractivity contribution in [2.24, 2.45) is 11.8 Å². The van der Waals surface area contributed by atoms with Crippen molar-refractivity contribution in [3.63, 3.8) is 0 Å². The molecule has 1 rings (SSSR count). The van der Waals surface area contributed by atoms with E-state index in [0.717, 1.165) is 0 Å². The van der Waals surface area contributed by atoms with Gasteiger partial charge in [0.1, 0.15) is 0 Å². The quantitative estimate of drug-likeness (QED) is 0.552. The largest absolute Gasteiger partial charge is 0.193 e. The molecule has 0 nitrogen and oxygen atoms in total. The van der Waals surface area contributed by atoms with Crippen molar-refractivity contribution in [3.05, 3.63) is 0 Å². The number of hydrogen-bond donors (Lipinski definition) is 0. The SMILES string of the molecule is CC(C1CC1)C(Cl)(Cl)Cl. The van der Waals surface area contributed by atoms with Gasteiger partial charge in [0.2, 0.25) is 0 Å². The standard InChI is InChI=1S/C6H9Cl3/c1-4(5-2-3-5)6(7,8)9/h4-5H,2-3H2,1H3. The normalized spacial score (nSPS) is 24.0. The minimum absolute atomic E-state index is 0.225. The predicted octanol–water partition coefficient (Wildman–Crippen LogP) is 3.40. The highest BCUT2D eigenvalue weighted by atomic mass is 35.6. The molecule has 1 atom stereocenters. The molecular weight excluding hydrogens is 178 g/mol. The lowest BCUT2D eigenvalue weighted by Gasteiger charge is -2.18. The van der Waals surface area contributed by atoms with E-state index >= 15 is 0 Å². The van der Waals surface area contributed by atoms with Gasteiger partial charge in [-0.2, -0.15) is 0 Å². The summed E-state index contributed by atoms with van der Waals surface area (Å²) < 4.78 is -1.04. The monoisotopic (exact) mass is 186 g/mol. The van der Waals surface area contributed by atoms with Crippen molar-refractivity contribution >= 4 is 34.8 Å². The third kappa shape index (κ3) is 2.18. The average Bonchev–Trinajstić information content (AvgIpc) is 2.40. The van der Waals surface area contributed by atoms with E-state index < -0.39 is 3.79 Å². The van der Waals surface area contributed by atoms with E-state index in [4.69, 9.17) is 34.8 Å². The van der Waals surface area contributed by atoms with E-state index in [2.05, 4.69) is 0 Å². The van der Waals surface area contributed by atoms with Gasteiger partial charge in [0.15, 0.2) is 3.79 Å². The van der Waals surface area contributed by atoms with Gasteiger partial charge in [-0.1, -0.05) is 41.7 Å². The summed E-state index contributed by atoms with van der Waals surface area (Å²) in [6, 6.07) is 0. The first-order valence-electron chi connectivity index (χ1n) is 3.08. The van der Waals surface area contributed by atoms with Crippen molar-refractivity contribution in [2.75, 3.05) is 0 Å². The van der Waals surface area contributed by atoms with Gasteiger partial charge in [0, 0.05) is 5.92 Å². The Balaban J connectivity index is 2.40. The fourth-order valence-corrected chi connectivity index (χ4v) is 1.40. The lowest BCUT2D eigenvalue weighted by molar-refractivity contribution is 0.520. The molecule has 1 saturated carbocycles. The van der Waals surface area contributed by atoms with Crippen molar-refractivity contribution in [2.45, 2.75) is 23.6 Å². The second-order valence-electron chi connectivity index (χ2n) is 2.67. The molecule has 0 saturated heterocycles. The van der Waals surface area contributed by atoms with Crippen molar-refractivity contribution in [1.29, 1.82) is 0 Å². The van der Waals surface area contributed by atoms with Crippen molar-refractivity contribution < 1.29 is 0 Å². The maximum Gasteiger partial charge on any atom is 0.193 e. The zero-order valence-electron chi connectivity index (χ0n) is 5.20. The number of hydrogen-bond acceptors (Lipinski definition) is 0. The molecule has 0 radical (unpaired) electrons. The van der Waals surface area contributed by atoms with E-state index in [-0.39, 0.29) is 5.92 Å². The molecule has 0 aromatic rings. The van der Waals surface area contributed by atoms with Gasteiger partial charge in [-0.15, -0.1) is 0 Å². The zero-order valence-corrected chi connectivity index (χ0v) is 7.47. The smallest absolute Gasteiger partial charge is 0.0834 e. The maximum atomic E-state index is 5.65. The van der Waals surface area contributed by atoms with Crippen LogP contribution < -0.4 is 0 Å². The van der Waals surface area contributed by atoms with Gasteiger partial charge in [0.25, 0.3) is 0 Å². The van der Waals surface area contributed by atoms with Gasteiger partial charge in [0.05, 0.1) is 0 Å². The van der Waals surface area contributed by atoms with E-state index in [9.17, 15) is 0 Å². The van der Waals surface area contributed by atoms with Crippen molar-refractivity contribution in [1.82, 2.24) is 0 Å². The van der Waals surface area contributed by atoms with Crippen molar-refractivity contribution in [3.8, 4) is 0 Å². The Morgan fingerprint density at radius 2 is 1.78 bits per heavy atom. The Labute approximate surface area is 70.5 Å². The molecule has 54 valence electrons. The number of alkyl halides is 3. The third-order valence-corrected chi connectivity index (χ3v) is 2.88. The summed E-state index contributed by atoms with van der Waals surface area (Å²) >= 11 is 16.9. The van der Waals surface area contributed by atoms with E-state index in [1.54, 1.807) is 0 Å². The molecule has 0 heterocycles. The Morgan fingerprint density at radius 3 is 1.89 bits per heavy atom. The van der Waals surface area contributed by atoms with E-state index in [0.29, 0.717) is 5.92 Å². The molecule has 9 heavy (non-hydrogen) atoms. The second-order valence-corrected chi connectivity index (χ2v) is 5.04. The summed E-state index contributed by atoms with van der Waals surface area (Å²) in [6.07, 6.45) is 2.46. The highest BCUT2D eigenvalue weighted by Crippen LogP contribution is 2.48. The molecule has 0 spiro atoms. The highest BCUT2D eigenvalue weighted by molar-refractivity contribution is 6.67. The van der Waals surface area contributed by atoms with Crippen LogP contribution in [0.25, 0.3) is 0 Å². The highest BCUT2D eigenvalue weighted by Gasteiger charge is 2.40. The van der Waals surface area contributed by atoms with Crippen LogP contribution in [0.4, 0.5) is 0 Å². The van der Waals surface area contributed by atoms with Crippen LogP contribution in [-0.4, -0.2) is 3.79 Å². The molecule has 1 aliphatic carbocycles. The zero-order chi connectivity index (χ0) is 7.07. The molecule has 3 heteroatoms. The fraction of sp³-hybridized carbons (Fsp3) is 1.00. The van der Waals surface area contributed by atoms with Gasteiger partial charge < -0.3 is 0 Å². The summed E-state index contributed by atoms with van der Waals surface area (Å²) in [4.78, 5) is 0. The lowest BCUT2D eigenvalue weighted by Crippen LogP contribution is -2.17. The van der Waals surface area contributed by atoms with Crippen LogP contribution >= 0.6 is 34.8 Å². The minimum atomic E-state index is -1.04. The lowest BCUT2D eigenvalue weighted by atomic mass is 10.1. The topological polar surface area (TPSA) is 0 Å². The maximum absolute atomic E-state index is 5.65. The van der Waals surface area contributed by atoms with E-state index in [1.165, 1.54) is 12.8 Å². The van der Waals surface area contributed by atoms with Crippen LogP contribution in [0.3, 0.4) is 0 Å². The van der Waals surface area contributed by atoms with Crippen LogP contribution in [0.2, 0.25) is 0 Å². The Hall–Kier alpha value is 0.870. The molecule has 1 unspecified atom stereocenters. The fourth-order valence-electron chi connectivity index (χ4n) is 0.863. The van der Waals surface area contributed by atoms with Gasteiger partial charge >= 0.3 is 0 Å².